The van der Waals surface area contributed by atoms with Gasteiger partial charge in [-0.15, -0.1) is 0 Å². The third kappa shape index (κ3) is 4.87. The number of ether oxygens (including phenoxy) is 1. The summed E-state index contributed by atoms with van der Waals surface area (Å²) >= 11 is 0. The normalized spacial score (nSPS) is 12.3. The van der Waals surface area contributed by atoms with E-state index >= 15 is 0 Å². The van der Waals surface area contributed by atoms with Gasteiger partial charge in [-0.1, -0.05) is 17.7 Å². The van der Waals surface area contributed by atoms with E-state index in [4.69, 9.17) is 9.88 Å². The summed E-state index contributed by atoms with van der Waals surface area (Å²) in [6, 6.07) is 9.41. The highest BCUT2D eigenvalue weighted by Crippen LogP contribution is 2.16. The van der Waals surface area contributed by atoms with Crippen molar-refractivity contribution in [3.05, 3.63) is 59.4 Å². The molecule has 2 aromatic carbocycles. The zero-order valence-corrected chi connectivity index (χ0v) is 14.8. The number of benzene rings is 2. The maximum Gasteiger partial charge on any atom is 0.341 e. The molecule has 26 heavy (non-hydrogen) atoms. The molecule has 0 heterocycles. The third-order valence-electron chi connectivity index (χ3n) is 3.46. The van der Waals surface area contributed by atoms with Crippen molar-refractivity contribution in [1.29, 1.82) is 0 Å². The van der Waals surface area contributed by atoms with E-state index in [1.807, 2.05) is 6.92 Å². The topological polar surface area (TPSA) is 116 Å². The van der Waals surface area contributed by atoms with Crippen molar-refractivity contribution in [3.8, 4) is 0 Å². The fraction of sp³-hybridized carbons (Fsp3) is 0.176. The largest absolute Gasteiger partial charge is 0.449 e. The number of rotatable bonds is 5. The molecule has 0 unspecified atom stereocenters. The molecule has 3 N–H and O–H groups in total. The van der Waals surface area contributed by atoms with E-state index in [9.17, 15) is 22.4 Å². The van der Waals surface area contributed by atoms with Crippen molar-refractivity contribution < 1.29 is 27.1 Å². The van der Waals surface area contributed by atoms with Crippen LogP contribution in [0, 0.1) is 12.7 Å². The molecule has 2 rings (SSSR count). The molecule has 0 aliphatic heterocycles. The monoisotopic (exact) mass is 380 g/mol. The molecule has 0 aromatic heterocycles. The number of amides is 1. The smallest absolute Gasteiger partial charge is 0.341 e. The second-order valence-corrected chi connectivity index (χ2v) is 7.15. The lowest BCUT2D eigenvalue weighted by atomic mass is 10.2. The summed E-state index contributed by atoms with van der Waals surface area (Å²) in [5.74, 6) is -2.79. The van der Waals surface area contributed by atoms with Crippen LogP contribution in [0.2, 0.25) is 0 Å². The predicted molar refractivity (Wildman–Crippen MR) is 92.5 cm³/mol. The molecule has 0 saturated carbocycles. The maximum atomic E-state index is 13.8. The molecule has 0 aliphatic carbocycles. The number of anilines is 1. The summed E-state index contributed by atoms with van der Waals surface area (Å²) < 4.78 is 41.4. The highest BCUT2D eigenvalue weighted by molar-refractivity contribution is 7.89. The predicted octanol–water partition coefficient (Wildman–Crippen LogP) is 1.97. The van der Waals surface area contributed by atoms with E-state index in [1.54, 1.807) is 24.3 Å². The number of carbonyl (C=O) groups is 2. The zero-order chi connectivity index (χ0) is 19.5. The number of carbonyl (C=O) groups excluding carboxylic acids is 2. The first-order valence-electron chi connectivity index (χ1n) is 7.49. The van der Waals surface area contributed by atoms with Crippen LogP contribution in [0.3, 0.4) is 0 Å². The number of nitrogens with two attached hydrogens (primary N) is 1. The Morgan fingerprint density at radius 3 is 2.35 bits per heavy atom. The Balaban J connectivity index is 2.11. The quantitative estimate of drug-likeness (QED) is 0.770. The summed E-state index contributed by atoms with van der Waals surface area (Å²) in [5.41, 5.74) is 0.880. The number of hydrogen-bond acceptors (Lipinski definition) is 5. The van der Waals surface area contributed by atoms with Crippen LogP contribution in [0.25, 0.3) is 0 Å². The summed E-state index contributed by atoms with van der Waals surface area (Å²) in [7, 11) is -4.12. The van der Waals surface area contributed by atoms with Gasteiger partial charge >= 0.3 is 5.97 Å². The molecule has 1 atom stereocenters. The minimum Gasteiger partial charge on any atom is -0.449 e. The lowest BCUT2D eigenvalue weighted by Gasteiger charge is -2.14. The molecular formula is C17H17FN2O5S. The van der Waals surface area contributed by atoms with Crippen LogP contribution in [-0.2, 0) is 19.6 Å². The first-order valence-corrected chi connectivity index (χ1v) is 9.03. The number of esters is 1. The van der Waals surface area contributed by atoms with Gasteiger partial charge in [0.2, 0.25) is 10.0 Å². The van der Waals surface area contributed by atoms with Crippen LogP contribution < -0.4 is 10.5 Å². The highest BCUT2D eigenvalue weighted by Gasteiger charge is 2.23. The van der Waals surface area contributed by atoms with Crippen LogP contribution >= 0.6 is 0 Å². The Morgan fingerprint density at radius 1 is 1.15 bits per heavy atom. The Hall–Kier alpha value is -2.78. The van der Waals surface area contributed by atoms with Crippen LogP contribution in [0.1, 0.15) is 22.8 Å². The Morgan fingerprint density at radius 2 is 1.77 bits per heavy atom. The van der Waals surface area contributed by atoms with Crippen LogP contribution in [0.5, 0.6) is 0 Å². The number of halogens is 1. The number of primary sulfonamides is 1. The van der Waals surface area contributed by atoms with Crippen LogP contribution in [0.15, 0.2) is 47.4 Å². The van der Waals surface area contributed by atoms with E-state index in [2.05, 4.69) is 5.32 Å². The standard InChI is InChI=1S/C17H17FN2O5S/c1-10-3-5-12(6-4-10)20-16(21)11(2)25-17(22)14-9-13(26(19,23)24)7-8-15(14)18/h3-9,11H,1-2H3,(H,20,21)(H2,19,23,24)/t11-/m0/s1. The van der Waals surface area contributed by atoms with Crippen LogP contribution in [-0.4, -0.2) is 26.4 Å². The van der Waals surface area contributed by atoms with Crippen LogP contribution in [0.4, 0.5) is 10.1 Å². The van der Waals surface area contributed by atoms with Crippen molar-refractivity contribution in [2.45, 2.75) is 24.8 Å². The number of nitrogens with one attached hydrogen (secondary N) is 1. The Bertz CT molecular complexity index is 942. The Kier molecular flexibility index (Phi) is 5.73. The molecule has 138 valence electrons. The van der Waals surface area contributed by atoms with Crippen molar-refractivity contribution >= 4 is 27.6 Å². The summed E-state index contributed by atoms with van der Waals surface area (Å²) in [6.45, 7) is 3.20. The van der Waals surface area contributed by atoms with Crippen molar-refractivity contribution in [3.63, 3.8) is 0 Å². The van der Waals surface area contributed by atoms with E-state index in [1.165, 1.54) is 6.92 Å². The van der Waals surface area contributed by atoms with Gasteiger partial charge in [0.05, 0.1) is 10.5 Å². The molecule has 0 bridgehead atoms. The van der Waals surface area contributed by atoms with Gasteiger partial charge in [-0.2, -0.15) is 0 Å². The lowest BCUT2D eigenvalue weighted by Crippen LogP contribution is -2.30. The lowest BCUT2D eigenvalue weighted by molar-refractivity contribution is -0.123. The molecule has 0 spiro atoms. The van der Waals surface area contributed by atoms with Crippen molar-refractivity contribution in [2.75, 3.05) is 5.32 Å². The van der Waals surface area contributed by atoms with E-state index < -0.39 is 44.3 Å². The first kappa shape index (κ1) is 19.5. The molecule has 7 nitrogen and oxygen atoms in total. The van der Waals surface area contributed by atoms with Gasteiger partial charge in [0.1, 0.15) is 5.82 Å². The number of hydrogen-bond donors (Lipinski definition) is 2. The minimum atomic E-state index is -4.12. The molecule has 9 heteroatoms. The maximum absolute atomic E-state index is 13.8. The average molecular weight is 380 g/mol. The second-order valence-electron chi connectivity index (χ2n) is 5.59. The van der Waals surface area contributed by atoms with Gasteiger partial charge in [-0.3, -0.25) is 4.79 Å². The average Bonchev–Trinajstić information content (AvgIpc) is 2.56. The van der Waals surface area contributed by atoms with E-state index in [-0.39, 0.29) is 0 Å². The van der Waals surface area contributed by atoms with Gasteiger partial charge < -0.3 is 10.1 Å². The molecule has 0 fully saturated rings. The van der Waals surface area contributed by atoms with Crippen molar-refractivity contribution in [1.82, 2.24) is 0 Å². The fourth-order valence-corrected chi connectivity index (χ4v) is 2.54. The van der Waals surface area contributed by atoms with Gasteiger partial charge in [-0.25, -0.2) is 22.7 Å². The fourth-order valence-electron chi connectivity index (χ4n) is 2.00. The summed E-state index contributed by atoms with van der Waals surface area (Å²) in [5, 5.41) is 7.51. The van der Waals surface area contributed by atoms with Crippen molar-refractivity contribution in [2.24, 2.45) is 5.14 Å². The van der Waals surface area contributed by atoms with Gasteiger partial charge in [0.15, 0.2) is 6.10 Å². The molecular weight excluding hydrogens is 363 g/mol. The number of sulfonamides is 1. The molecule has 0 radical (unpaired) electrons. The summed E-state index contributed by atoms with van der Waals surface area (Å²) in [4.78, 5) is 23.7. The van der Waals surface area contributed by atoms with E-state index in [0.717, 1.165) is 23.8 Å². The van der Waals surface area contributed by atoms with Gasteiger partial charge in [0, 0.05) is 5.69 Å². The molecule has 0 saturated heterocycles. The third-order valence-corrected chi connectivity index (χ3v) is 4.37. The molecule has 2 aromatic rings. The first-order chi connectivity index (χ1) is 12.1. The highest BCUT2D eigenvalue weighted by atomic mass is 32.2. The Labute approximate surface area is 150 Å². The van der Waals surface area contributed by atoms with Gasteiger partial charge in [0.25, 0.3) is 5.91 Å². The minimum absolute atomic E-state index is 0.442. The zero-order valence-electron chi connectivity index (χ0n) is 14.0. The molecule has 1 amide bonds. The second kappa shape index (κ2) is 7.63. The summed E-state index contributed by atoms with van der Waals surface area (Å²) in [6.07, 6.45) is -1.23. The van der Waals surface area contributed by atoms with E-state index in [0.29, 0.717) is 5.69 Å². The number of aryl methyl sites for hydroxylation is 1. The molecule has 0 aliphatic rings. The SMILES string of the molecule is Cc1ccc(NC(=O)[C@H](C)OC(=O)c2cc(S(N)(=O)=O)ccc2F)cc1. The van der Waals surface area contributed by atoms with Gasteiger partial charge in [-0.05, 0) is 44.2 Å².